The third-order valence-corrected chi connectivity index (χ3v) is 15.3. The van der Waals surface area contributed by atoms with Gasteiger partial charge in [0.1, 0.15) is 12.4 Å². The third kappa shape index (κ3) is 10.5. The van der Waals surface area contributed by atoms with Gasteiger partial charge in [0.15, 0.2) is 11.9 Å². The molecule has 0 aromatic carbocycles. The lowest BCUT2D eigenvalue weighted by Crippen LogP contribution is -2.63. The monoisotopic (exact) mass is 884 g/mol. The van der Waals surface area contributed by atoms with Gasteiger partial charge in [0.2, 0.25) is 5.79 Å². The standard InChI is InChI=1S/C46H76O14S/c1-13-25-53-42(49)33(14-2)35-18-17-27(5)40(55-35)31(9)38(47)30(8)39(48)34(15-3)41-28(6)26-29(7)45(56-41)22-20-37(57-60-61(12,51)52)46(59-45)24-23-43(11,58-46)36-19-21-44(50,16-4)32(10)54-36/h13,20,22,27-38,40-41,47,50H,1,14-19,21,23-26H2,2-12H3/t27?,28-,29+,30-,31-,32-,33+,34-,35+,36+,37+,38+,40+,41-,43-,44+,45-,46-/m0/s1. The zero-order valence-corrected chi connectivity index (χ0v) is 39.3. The molecule has 0 aromatic rings. The van der Waals surface area contributed by atoms with Crippen molar-refractivity contribution in [2.75, 3.05) is 12.9 Å². The van der Waals surface area contributed by atoms with E-state index in [1.165, 1.54) is 0 Å². The molecule has 5 rings (SSSR count). The molecule has 5 aliphatic heterocycles. The number of ketones is 1. The number of aliphatic hydroxyl groups is 2. The highest BCUT2D eigenvalue weighted by molar-refractivity contribution is 7.85. The minimum atomic E-state index is -4.01. The van der Waals surface area contributed by atoms with Crippen LogP contribution in [0.25, 0.3) is 0 Å². The van der Waals surface area contributed by atoms with E-state index in [0.29, 0.717) is 51.4 Å². The molecular formula is C46H76O14S. The Morgan fingerprint density at radius 2 is 1.64 bits per heavy atom. The molecule has 14 nitrogen and oxygen atoms in total. The number of rotatable bonds is 17. The number of Topliss-reactive ketones (excluding diaryl/α,β-unsaturated/α-hetero) is 1. The van der Waals surface area contributed by atoms with E-state index in [1.54, 1.807) is 25.2 Å². The van der Waals surface area contributed by atoms with E-state index in [4.69, 9.17) is 37.6 Å². The molecule has 15 heteroatoms. The minimum absolute atomic E-state index is 0.0646. The maximum absolute atomic E-state index is 14.7. The van der Waals surface area contributed by atoms with Crippen LogP contribution in [0.5, 0.6) is 0 Å². The summed E-state index contributed by atoms with van der Waals surface area (Å²) in [6.07, 6.45) is 7.02. The van der Waals surface area contributed by atoms with Crippen LogP contribution in [0.4, 0.5) is 0 Å². The Labute approximate surface area is 364 Å². The maximum atomic E-state index is 14.7. The summed E-state index contributed by atoms with van der Waals surface area (Å²) >= 11 is 0. The first-order valence-electron chi connectivity index (χ1n) is 22.9. The fourth-order valence-electron chi connectivity index (χ4n) is 10.9. The van der Waals surface area contributed by atoms with Gasteiger partial charge >= 0.3 is 5.97 Å². The molecule has 2 N–H and O–H groups in total. The molecule has 61 heavy (non-hydrogen) atoms. The van der Waals surface area contributed by atoms with Gasteiger partial charge in [-0.3, -0.25) is 9.59 Å². The van der Waals surface area contributed by atoms with E-state index in [2.05, 4.69) is 20.4 Å². The first-order valence-corrected chi connectivity index (χ1v) is 24.7. The molecule has 0 aromatic heterocycles. The van der Waals surface area contributed by atoms with Crippen LogP contribution < -0.4 is 0 Å². The van der Waals surface area contributed by atoms with Gasteiger partial charge in [-0.2, -0.15) is 8.42 Å². The van der Waals surface area contributed by atoms with E-state index < -0.39 is 87.1 Å². The smallest absolute Gasteiger partial charge is 0.311 e. The van der Waals surface area contributed by atoms with Crippen LogP contribution >= 0.6 is 0 Å². The number of carbonyl (C=O) groups excluding carboxylic acids is 2. The highest BCUT2D eigenvalue weighted by atomic mass is 32.2. The Morgan fingerprint density at radius 3 is 2.25 bits per heavy atom. The van der Waals surface area contributed by atoms with Gasteiger partial charge in [0, 0.05) is 30.1 Å². The molecular weight excluding hydrogens is 809 g/mol. The van der Waals surface area contributed by atoms with Crippen LogP contribution in [0.2, 0.25) is 0 Å². The number of esters is 1. The fourth-order valence-corrected chi connectivity index (χ4v) is 11.2. The Balaban J connectivity index is 1.36. The van der Waals surface area contributed by atoms with E-state index in [0.717, 1.165) is 12.7 Å². The zero-order chi connectivity index (χ0) is 45.3. The SMILES string of the molecule is C=CCOC(=O)[C@H](CC)[C@H]1CCC(C)[C@H]([C@@H](C)[C@H](O)[C@H](C)C(=O)[C@H](CC)[C@H]2O[C@]3(C=C[C@@H](OOS(C)(=O)=O)[C@]4(CC[C@@](C)([C@H]5CC[C@](O)(CC)[C@H](C)O5)O4)O3)[C@H](C)C[C@@H]2C)O1. The van der Waals surface area contributed by atoms with Crippen LogP contribution in [-0.2, 0) is 57.3 Å². The van der Waals surface area contributed by atoms with Crippen molar-refractivity contribution in [2.45, 2.75) is 199 Å². The van der Waals surface area contributed by atoms with Crippen molar-refractivity contribution in [3.05, 3.63) is 24.8 Å². The summed E-state index contributed by atoms with van der Waals surface area (Å²) in [5.74, 6) is -5.80. The van der Waals surface area contributed by atoms with Crippen molar-refractivity contribution in [1.29, 1.82) is 0 Å². The van der Waals surface area contributed by atoms with Crippen LogP contribution in [0.1, 0.15) is 133 Å². The molecule has 4 fully saturated rings. The van der Waals surface area contributed by atoms with Crippen molar-refractivity contribution in [2.24, 2.45) is 41.4 Å². The molecule has 5 aliphatic rings. The van der Waals surface area contributed by atoms with Gasteiger partial charge < -0.3 is 38.6 Å². The quantitative estimate of drug-likeness (QED) is 0.0677. The molecule has 18 atom stereocenters. The first kappa shape index (κ1) is 50.2. The maximum Gasteiger partial charge on any atom is 0.311 e. The molecule has 0 bridgehead atoms. The van der Waals surface area contributed by atoms with Gasteiger partial charge in [-0.25, -0.2) is 4.89 Å². The van der Waals surface area contributed by atoms with Crippen molar-refractivity contribution < 1.29 is 65.9 Å². The molecule has 0 aliphatic carbocycles. The van der Waals surface area contributed by atoms with Crippen molar-refractivity contribution in [3.8, 4) is 0 Å². The zero-order valence-electron chi connectivity index (χ0n) is 38.5. The summed E-state index contributed by atoms with van der Waals surface area (Å²) in [6, 6.07) is 0. The highest BCUT2D eigenvalue weighted by Gasteiger charge is 2.64. The summed E-state index contributed by atoms with van der Waals surface area (Å²) in [5, 5.41) is 23.1. The van der Waals surface area contributed by atoms with Gasteiger partial charge in [-0.15, -0.1) is 4.33 Å². The second-order valence-corrected chi connectivity index (χ2v) is 20.9. The predicted octanol–water partition coefficient (Wildman–Crippen LogP) is 6.75. The minimum Gasteiger partial charge on any atom is -0.461 e. The highest BCUT2D eigenvalue weighted by Crippen LogP contribution is 2.54. The molecule has 0 saturated carbocycles. The average Bonchev–Trinajstić information content (AvgIpc) is 3.55. The predicted molar refractivity (Wildman–Crippen MR) is 227 cm³/mol. The summed E-state index contributed by atoms with van der Waals surface area (Å²) in [4.78, 5) is 33.1. The topological polar surface area (TPSA) is 183 Å². The van der Waals surface area contributed by atoms with E-state index >= 15 is 0 Å². The number of hydrogen-bond donors (Lipinski definition) is 2. The van der Waals surface area contributed by atoms with E-state index in [1.807, 2.05) is 48.5 Å². The van der Waals surface area contributed by atoms with Crippen LogP contribution in [0, 0.1) is 41.4 Å². The number of hydrogen-bond acceptors (Lipinski definition) is 14. The second kappa shape index (κ2) is 19.8. The first-order chi connectivity index (χ1) is 28.5. The molecule has 0 radical (unpaired) electrons. The van der Waals surface area contributed by atoms with E-state index in [9.17, 15) is 28.2 Å². The van der Waals surface area contributed by atoms with Crippen LogP contribution in [0.15, 0.2) is 24.8 Å². The Kier molecular flexibility index (Phi) is 16.3. The lowest BCUT2D eigenvalue weighted by atomic mass is 9.72. The molecule has 1 unspecified atom stereocenters. The Morgan fingerprint density at radius 1 is 0.951 bits per heavy atom. The fraction of sp³-hybridized carbons (Fsp3) is 0.870. The molecule has 4 saturated heterocycles. The molecule has 2 spiro atoms. The van der Waals surface area contributed by atoms with Crippen LogP contribution in [-0.4, -0.2) is 109 Å². The van der Waals surface area contributed by atoms with Gasteiger partial charge in [-0.05, 0) is 95.6 Å². The number of aliphatic hydroxyl groups excluding tert-OH is 1. The van der Waals surface area contributed by atoms with Gasteiger partial charge in [0.25, 0.3) is 10.1 Å². The van der Waals surface area contributed by atoms with E-state index in [-0.39, 0.29) is 54.7 Å². The summed E-state index contributed by atoms with van der Waals surface area (Å²) < 4.78 is 68.6. The average molecular weight is 885 g/mol. The normalized spacial score (nSPS) is 41.8. The lowest BCUT2D eigenvalue weighted by molar-refractivity contribution is -0.430. The lowest BCUT2D eigenvalue weighted by Gasteiger charge is -2.54. The molecule has 0 amide bonds. The van der Waals surface area contributed by atoms with Gasteiger partial charge in [0.05, 0.1) is 60.0 Å². The van der Waals surface area contributed by atoms with Crippen LogP contribution in [0.3, 0.4) is 0 Å². The second-order valence-electron chi connectivity index (χ2n) is 19.3. The largest absolute Gasteiger partial charge is 0.461 e. The van der Waals surface area contributed by atoms with Crippen molar-refractivity contribution in [1.82, 2.24) is 0 Å². The summed E-state index contributed by atoms with van der Waals surface area (Å²) in [6.45, 7) is 23.2. The molecule has 350 valence electrons. The summed E-state index contributed by atoms with van der Waals surface area (Å²) in [7, 11) is -4.01. The third-order valence-electron chi connectivity index (χ3n) is 15.0. The summed E-state index contributed by atoms with van der Waals surface area (Å²) in [5.41, 5.74) is -1.85. The Hall–Kier alpha value is -1.79. The Bertz CT molecular complexity index is 1670. The number of carbonyl (C=O) groups is 2. The van der Waals surface area contributed by atoms with Crippen molar-refractivity contribution in [3.63, 3.8) is 0 Å². The van der Waals surface area contributed by atoms with Gasteiger partial charge in [-0.1, -0.05) is 68.0 Å². The van der Waals surface area contributed by atoms with Crippen molar-refractivity contribution >= 4 is 21.9 Å². The molecule has 5 heterocycles. The number of ether oxygens (including phenoxy) is 6.